The molecule has 6 nitrogen and oxygen atoms in total. The number of ether oxygens (including phenoxy) is 1. The van der Waals surface area contributed by atoms with E-state index in [4.69, 9.17) is 4.74 Å². The zero-order valence-corrected chi connectivity index (χ0v) is 17.9. The van der Waals surface area contributed by atoms with Crippen LogP contribution in [0, 0.1) is 5.82 Å². The van der Waals surface area contributed by atoms with Crippen LogP contribution in [0.5, 0.6) is 5.75 Å². The number of carbonyl (C=O) groups is 1. The first-order valence-corrected chi connectivity index (χ1v) is 11.9. The molecule has 31 heavy (non-hydrogen) atoms. The molecule has 166 valence electrons. The minimum Gasteiger partial charge on any atom is -0.492 e. The van der Waals surface area contributed by atoms with E-state index in [2.05, 4.69) is 4.72 Å². The summed E-state index contributed by atoms with van der Waals surface area (Å²) in [5, 5.41) is 0. The van der Waals surface area contributed by atoms with E-state index in [0.29, 0.717) is 16.9 Å². The number of para-hydroxylation sites is 1. The minimum atomic E-state index is -3.72. The van der Waals surface area contributed by atoms with Gasteiger partial charge in [-0.2, -0.15) is 0 Å². The highest BCUT2D eigenvalue weighted by Crippen LogP contribution is 2.35. The van der Waals surface area contributed by atoms with E-state index in [0.717, 1.165) is 0 Å². The maximum atomic E-state index is 15.5. The predicted octanol–water partition coefficient (Wildman–Crippen LogP) is 2.67. The number of fused-ring (bicyclic) bond motifs is 5. The lowest BCUT2D eigenvalue weighted by Gasteiger charge is -2.29. The van der Waals surface area contributed by atoms with Crippen LogP contribution >= 0.6 is 0 Å². The van der Waals surface area contributed by atoms with Gasteiger partial charge < -0.3 is 9.64 Å². The summed E-state index contributed by atoms with van der Waals surface area (Å²) in [7, 11) is -3.72. The van der Waals surface area contributed by atoms with Crippen LogP contribution in [-0.4, -0.2) is 56.4 Å². The van der Waals surface area contributed by atoms with Crippen molar-refractivity contribution >= 4 is 15.9 Å². The van der Waals surface area contributed by atoms with Crippen LogP contribution in [0.25, 0.3) is 11.1 Å². The van der Waals surface area contributed by atoms with Crippen molar-refractivity contribution in [3.05, 3.63) is 53.8 Å². The highest BCUT2D eigenvalue weighted by Gasteiger charge is 2.46. The Bertz CT molecular complexity index is 1090. The summed E-state index contributed by atoms with van der Waals surface area (Å²) in [5.74, 6) is -0.612. The molecule has 1 N–H and O–H groups in total. The average molecular weight is 451 g/mol. The fraction of sp³-hybridized carbons (Fsp3) is 0.409. The summed E-state index contributed by atoms with van der Waals surface area (Å²) in [5.41, 5.74) is 1.18. The Morgan fingerprint density at radius 3 is 2.68 bits per heavy atom. The molecule has 2 heterocycles. The van der Waals surface area contributed by atoms with Crippen LogP contribution in [-0.2, 0) is 21.2 Å². The second-order valence-electron chi connectivity index (χ2n) is 7.75. The van der Waals surface area contributed by atoms with Gasteiger partial charge in [-0.3, -0.25) is 4.79 Å². The second kappa shape index (κ2) is 8.55. The SMILES string of the molecule is CCS(=O)(=O)N[C@H]1[C@@H](F)CN2C(=O)CCOc3ccccc3-c3cccc(c3F)C[C@@H]12. The molecule has 2 bridgehead atoms. The molecule has 2 aromatic rings. The van der Waals surface area contributed by atoms with Crippen LogP contribution in [0.3, 0.4) is 0 Å². The molecule has 2 aliphatic rings. The molecule has 1 amide bonds. The predicted molar refractivity (Wildman–Crippen MR) is 112 cm³/mol. The van der Waals surface area contributed by atoms with Gasteiger partial charge in [0.15, 0.2) is 0 Å². The number of hydrogen-bond acceptors (Lipinski definition) is 4. The molecule has 0 saturated carbocycles. The molecular formula is C22H24F2N2O4S. The van der Waals surface area contributed by atoms with Crippen LogP contribution < -0.4 is 9.46 Å². The van der Waals surface area contributed by atoms with E-state index < -0.39 is 34.1 Å². The van der Waals surface area contributed by atoms with Crippen molar-refractivity contribution in [1.29, 1.82) is 0 Å². The number of hydrogen-bond donors (Lipinski definition) is 1. The van der Waals surface area contributed by atoms with Gasteiger partial charge in [0, 0.05) is 11.1 Å². The number of nitrogens with one attached hydrogen (secondary N) is 1. The second-order valence-corrected chi connectivity index (χ2v) is 9.80. The Morgan fingerprint density at radius 2 is 1.90 bits per heavy atom. The van der Waals surface area contributed by atoms with E-state index >= 15 is 4.39 Å². The van der Waals surface area contributed by atoms with Crippen LogP contribution in [0.15, 0.2) is 42.5 Å². The average Bonchev–Trinajstić information content (AvgIpc) is 3.04. The number of carbonyl (C=O) groups excluding carboxylic acids is 1. The molecule has 4 rings (SSSR count). The van der Waals surface area contributed by atoms with Gasteiger partial charge in [0.05, 0.1) is 37.4 Å². The normalized spacial score (nSPS) is 23.9. The first-order chi connectivity index (χ1) is 14.8. The maximum absolute atomic E-state index is 15.5. The van der Waals surface area contributed by atoms with Gasteiger partial charge >= 0.3 is 0 Å². The summed E-state index contributed by atoms with van der Waals surface area (Å²) < 4.78 is 62.8. The third-order valence-electron chi connectivity index (χ3n) is 5.85. The van der Waals surface area contributed by atoms with Gasteiger partial charge in [0.2, 0.25) is 15.9 Å². The van der Waals surface area contributed by atoms with Crippen LogP contribution in [0.4, 0.5) is 8.78 Å². The highest BCUT2D eigenvalue weighted by atomic mass is 32.2. The standard InChI is InChI=1S/C22H24F2N2O4S/c1-2-31(28,29)25-22-17(23)13-26-18(22)12-14-6-5-8-16(21(14)24)15-7-3-4-9-19(15)30-11-10-20(26)27/h3-9,17-18,22,25H,2,10-13H2,1H3/t17-,18-,22-/m0/s1. The largest absolute Gasteiger partial charge is 0.492 e. The molecule has 9 heteroatoms. The highest BCUT2D eigenvalue weighted by molar-refractivity contribution is 7.89. The van der Waals surface area contributed by atoms with Crippen molar-refractivity contribution < 1.29 is 26.7 Å². The molecule has 0 spiro atoms. The third kappa shape index (κ3) is 4.29. The molecule has 2 aromatic carbocycles. The van der Waals surface area contributed by atoms with Gasteiger partial charge in [-0.05, 0) is 25.0 Å². The molecule has 3 atom stereocenters. The number of halogens is 2. The van der Waals surface area contributed by atoms with E-state index in [1.54, 1.807) is 42.5 Å². The summed E-state index contributed by atoms with van der Waals surface area (Å²) >= 11 is 0. The Balaban J connectivity index is 1.79. The van der Waals surface area contributed by atoms with Crippen molar-refractivity contribution in [2.45, 2.75) is 38.0 Å². The molecule has 0 aliphatic carbocycles. The zero-order valence-electron chi connectivity index (χ0n) is 17.1. The maximum Gasteiger partial charge on any atom is 0.226 e. The molecule has 0 unspecified atom stereocenters. The summed E-state index contributed by atoms with van der Waals surface area (Å²) in [6, 6.07) is 9.90. The summed E-state index contributed by atoms with van der Waals surface area (Å²) in [6.45, 7) is 1.24. The van der Waals surface area contributed by atoms with Crippen molar-refractivity contribution in [2.24, 2.45) is 0 Å². The molecule has 0 radical (unpaired) electrons. The molecular weight excluding hydrogens is 426 g/mol. The molecule has 1 fully saturated rings. The lowest BCUT2D eigenvalue weighted by molar-refractivity contribution is -0.132. The van der Waals surface area contributed by atoms with Crippen molar-refractivity contribution in [3.63, 3.8) is 0 Å². The Kier molecular flexibility index (Phi) is 5.98. The number of amides is 1. The molecule has 0 aromatic heterocycles. The molecule has 1 saturated heterocycles. The number of sulfonamides is 1. The third-order valence-corrected chi connectivity index (χ3v) is 7.24. The number of rotatable bonds is 3. The fourth-order valence-corrected chi connectivity index (χ4v) is 5.10. The lowest BCUT2D eigenvalue weighted by Crippen LogP contribution is -2.50. The van der Waals surface area contributed by atoms with Crippen molar-refractivity contribution in [2.75, 3.05) is 18.9 Å². The first kappa shape index (κ1) is 21.7. The lowest BCUT2D eigenvalue weighted by atomic mass is 9.95. The van der Waals surface area contributed by atoms with Crippen molar-refractivity contribution in [3.8, 4) is 16.9 Å². The van der Waals surface area contributed by atoms with E-state index in [9.17, 15) is 17.6 Å². The Morgan fingerprint density at radius 1 is 1.16 bits per heavy atom. The zero-order chi connectivity index (χ0) is 22.2. The Hall–Kier alpha value is -2.52. The Labute approximate surface area is 180 Å². The first-order valence-electron chi connectivity index (χ1n) is 10.2. The van der Waals surface area contributed by atoms with E-state index in [1.165, 1.54) is 11.8 Å². The molecule has 2 aliphatic heterocycles. The number of alkyl halides is 1. The van der Waals surface area contributed by atoms with Crippen LogP contribution in [0.2, 0.25) is 0 Å². The summed E-state index contributed by atoms with van der Waals surface area (Å²) in [6.07, 6.45) is -1.60. The minimum absolute atomic E-state index is 0.00121. The van der Waals surface area contributed by atoms with Gasteiger partial charge in [-0.15, -0.1) is 0 Å². The topological polar surface area (TPSA) is 75.7 Å². The smallest absolute Gasteiger partial charge is 0.226 e. The van der Waals surface area contributed by atoms with Gasteiger partial charge in [-0.25, -0.2) is 21.9 Å². The fourth-order valence-electron chi connectivity index (χ4n) is 4.22. The van der Waals surface area contributed by atoms with E-state index in [1.807, 2.05) is 0 Å². The number of benzene rings is 2. The van der Waals surface area contributed by atoms with Crippen molar-refractivity contribution in [1.82, 2.24) is 9.62 Å². The van der Waals surface area contributed by atoms with Gasteiger partial charge in [0.1, 0.15) is 17.7 Å². The quantitative estimate of drug-likeness (QED) is 0.780. The van der Waals surface area contributed by atoms with Crippen LogP contribution in [0.1, 0.15) is 18.9 Å². The van der Waals surface area contributed by atoms with Gasteiger partial charge in [0.25, 0.3) is 0 Å². The number of nitrogens with zero attached hydrogens (tertiary/aromatic N) is 1. The monoisotopic (exact) mass is 450 g/mol. The van der Waals surface area contributed by atoms with E-state index in [-0.39, 0.29) is 43.2 Å². The summed E-state index contributed by atoms with van der Waals surface area (Å²) in [4.78, 5) is 14.2. The van der Waals surface area contributed by atoms with Gasteiger partial charge in [-0.1, -0.05) is 36.4 Å².